The van der Waals surface area contributed by atoms with Crippen molar-refractivity contribution in [1.82, 2.24) is 20.0 Å². The number of rotatable bonds is 4. The van der Waals surface area contributed by atoms with E-state index in [1.165, 1.54) is 11.1 Å². The third kappa shape index (κ3) is 3.36. The molecule has 2 atom stereocenters. The van der Waals surface area contributed by atoms with Crippen LogP contribution in [0.2, 0.25) is 0 Å². The van der Waals surface area contributed by atoms with Gasteiger partial charge in [0.1, 0.15) is 0 Å². The maximum Gasteiger partial charge on any atom is 0.237 e. The second kappa shape index (κ2) is 6.77. The molecule has 2 heterocycles. The summed E-state index contributed by atoms with van der Waals surface area (Å²) >= 11 is 0. The minimum absolute atomic E-state index is 0.0364. The van der Waals surface area contributed by atoms with Gasteiger partial charge in [-0.25, -0.2) is 0 Å². The molecule has 5 heteroatoms. The first-order valence-corrected chi connectivity index (χ1v) is 8.57. The highest BCUT2D eigenvalue weighted by molar-refractivity contribution is 5.81. The van der Waals surface area contributed by atoms with E-state index >= 15 is 0 Å². The van der Waals surface area contributed by atoms with Crippen LogP contribution in [0.4, 0.5) is 0 Å². The van der Waals surface area contributed by atoms with Gasteiger partial charge in [0.05, 0.1) is 17.8 Å². The zero-order chi connectivity index (χ0) is 17.3. The lowest BCUT2D eigenvalue weighted by Gasteiger charge is -2.33. The van der Waals surface area contributed by atoms with Crippen LogP contribution < -0.4 is 5.32 Å². The first-order valence-electron chi connectivity index (χ1n) is 8.57. The maximum absolute atomic E-state index is 12.7. The molecule has 0 aliphatic carbocycles. The van der Waals surface area contributed by atoms with E-state index in [0.29, 0.717) is 0 Å². The Morgan fingerprint density at radius 3 is 2.62 bits per heavy atom. The van der Waals surface area contributed by atoms with E-state index in [0.717, 1.165) is 30.8 Å². The molecule has 2 aromatic rings. The van der Waals surface area contributed by atoms with E-state index in [1.54, 1.807) is 4.68 Å². The monoisotopic (exact) mass is 326 g/mol. The van der Waals surface area contributed by atoms with Crippen molar-refractivity contribution >= 4 is 5.91 Å². The summed E-state index contributed by atoms with van der Waals surface area (Å²) in [5, 5.41) is 7.49. The van der Waals surface area contributed by atoms with Crippen molar-refractivity contribution in [2.75, 3.05) is 6.54 Å². The quantitative estimate of drug-likeness (QED) is 0.938. The Morgan fingerprint density at radius 2 is 1.96 bits per heavy atom. The molecule has 0 bridgehead atoms. The summed E-state index contributed by atoms with van der Waals surface area (Å²) in [6, 6.07) is 8.32. The number of amides is 1. The molecule has 0 saturated carbocycles. The van der Waals surface area contributed by atoms with Crippen molar-refractivity contribution in [3.05, 3.63) is 52.8 Å². The zero-order valence-electron chi connectivity index (χ0n) is 14.9. The number of nitrogens with one attached hydrogen (secondary N) is 1. The Hall–Kier alpha value is -2.14. The van der Waals surface area contributed by atoms with Crippen molar-refractivity contribution < 1.29 is 4.79 Å². The smallest absolute Gasteiger partial charge is 0.237 e. The van der Waals surface area contributed by atoms with Crippen LogP contribution in [-0.4, -0.2) is 33.2 Å². The van der Waals surface area contributed by atoms with E-state index in [1.807, 2.05) is 34.0 Å². The molecule has 0 fully saturated rings. The van der Waals surface area contributed by atoms with Crippen LogP contribution in [0.1, 0.15) is 42.3 Å². The number of aromatic nitrogens is 2. The zero-order valence-corrected chi connectivity index (χ0v) is 14.9. The number of hydrogen-bond donors (Lipinski definition) is 1. The van der Waals surface area contributed by atoms with Gasteiger partial charge in [-0.05, 0) is 38.3 Å². The van der Waals surface area contributed by atoms with Crippen molar-refractivity contribution in [3.63, 3.8) is 0 Å². The average Bonchev–Trinajstić information content (AvgIpc) is 2.92. The molecule has 1 N–H and O–H groups in total. The minimum atomic E-state index is -0.141. The minimum Gasteiger partial charge on any atom is -0.348 e. The lowest BCUT2D eigenvalue weighted by atomic mass is 9.98. The van der Waals surface area contributed by atoms with Gasteiger partial charge >= 0.3 is 0 Å². The van der Waals surface area contributed by atoms with Gasteiger partial charge in [-0.3, -0.25) is 14.4 Å². The van der Waals surface area contributed by atoms with Gasteiger partial charge in [0.15, 0.2) is 0 Å². The molecule has 1 amide bonds. The van der Waals surface area contributed by atoms with Crippen LogP contribution in [0.5, 0.6) is 0 Å². The predicted molar refractivity (Wildman–Crippen MR) is 94.5 cm³/mol. The van der Waals surface area contributed by atoms with Crippen LogP contribution in [0, 0.1) is 6.92 Å². The average molecular weight is 326 g/mol. The van der Waals surface area contributed by atoms with Gasteiger partial charge in [0.25, 0.3) is 0 Å². The second-order valence-electron chi connectivity index (χ2n) is 6.74. The summed E-state index contributed by atoms with van der Waals surface area (Å²) < 4.78 is 1.79. The molecule has 0 unspecified atom stereocenters. The fourth-order valence-electron chi connectivity index (χ4n) is 3.47. The van der Waals surface area contributed by atoms with Crippen LogP contribution in [0.25, 0.3) is 0 Å². The number of carbonyl (C=O) groups is 1. The van der Waals surface area contributed by atoms with Crippen molar-refractivity contribution in [2.24, 2.45) is 7.05 Å². The van der Waals surface area contributed by atoms with E-state index in [4.69, 9.17) is 0 Å². The molecule has 0 saturated heterocycles. The normalized spacial score (nSPS) is 17.2. The summed E-state index contributed by atoms with van der Waals surface area (Å²) in [6.45, 7) is 7.74. The number of aryl methyl sites for hydroxylation is 2. The molecule has 1 aromatic carbocycles. The number of nitrogens with zero attached hydrogens (tertiary/aromatic N) is 3. The maximum atomic E-state index is 12.7. The Kier molecular flexibility index (Phi) is 4.71. The Bertz CT molecular complexity index is 737. The second-order valence-corrected chi connectivity index (χ2v) is 6.74. The summed E-state index contributed by atoms with van der Waals surface area (Å²) in [5.41, 5.74) is 4.77. The van der Waals surface area contributed by atoms with E-state index in [2.05, 4.69) is 39.6 Å². The van der Waals surface area contributed by atoms with Gasteiger partial charge in [-0.15, -0.1) is 0 Å². The molecule has 3 rings (SSSR count). The van der Waals surface area contributed by atoms with Crippen molar-refractivity contribution in [1.29, 1.82) is 0 Å². The van der Waals surface area contributed by atoms with E-state index < -0.39 is 0 Å². The van der Waals surface area contributed by atoms with Gasteiger partial charge in [0, 0.05) is 31.9 Å². The van der Waals surface area contributed by atoms with E-state index in [-0.39, 0.29) is 18.0 Å². The molecule has 1 aromatic heterocycles. The SMILES string of the molecule is Cc1nn(C)cc1[C@H](C)NC(=O)[C@H](C)N1CCc2ccccc2C1. The lowest BCUT2D eigenvalue weighted by Crippen LogP contribution is -2.47. The number of fused-ring (bicyclic) bond motifs is 1. The topological polar surface area (TPSA) is 50.2 Å². The molecule has 1 aliphatic rings. The first kappa shape index (κ1) is 16.7. The third-order valence-corrected chi connectivity index (χ3v) is 4.96. The van der Waals surface area contributed by atoms with Crippen LogP contribution in [-0.2, 0) is 24.8 Å². The van der Waals surface area contributed by atoms with E-state index in [9.17, 15) is 4.79 Å². The Balaban J connectivity index is 1.64. The van der Waals surface area contributed by atoms with Crippen LogP contribution >= 0.6 is 0 Å². The summed E-state index contributed by atoms with van der Waals surface area (Å²) in [5.74, 6) is 0.0742. The molecule has 1 aliphatic heterocycles. The highest BCUT2D eigenvalue weighted by Crippen LogP contribution is 2.21. The Labute approximate surface area is 143 Å². The van der Waals surface area contributed by atoms with Gasteiger partial charge in [-0.1, -0.05) is 24.3 Å². The molecular weight excluding hydrogens is 300 g/mol. The first-order chi connectivity index (χ1) is 11.5. The number of benzene rings is 1. The van der Waals surface area contributed by atoms with Crippen LogP contribution in [0.15, 0.2) is 30.5 Å². The fraction of sp³-hybridized carbons (Fsp3) is 0.474. The van der Waals surface area contributed by atoms with Gasteiger partial charge in [-0.2, -0.15) is 5.10 Å². The van der Waals surface area contributed by atoms with Crippen molar-refractivity contribution in [3.8, 4) is 0 Å². The largest absolute Gasteiger partial charge is 0.348 e. The Morgan fingerprint density at radius 1 is 1.25 bits per heavy atom. The summed E-state index contributed by atoms with van der Waals surface area (Å²) in [4.78, 5) is 14.9. The van der Waals surface area contributed by atoms with Gasteiger partial charge < -0.3 is 5.32 Å². The lowest BCUT2D eigenvalue weighted by molar-refractivity contribution is -0.126. The molecule has 0 spiro atoms. The number of hydrogen-bond acceptors (Lipinski definition) is 3. The summed E-state index contributed by atoms with van der Waals surface area (Å²) in [7, 11) is 1.90. The predicted octanol–water partition coefficient (Wildman–Crippen LogP) is 2.35. The standard InChI is InChI=1S/C19H26N4O/c1-13(18-12-22(4)21-14(18)2)20-19(24)15(3)23-10-9-16-7-5-6-8-17(16)11-23/h5-8,12-13,15H,9-11H2,1-4H3,(H,20,24)/t13-,15-/m0/s1. The number of carbonyl (C=O) groups excluding carboxylic acids is 1. The van der Waals surface area contributed by atoms with Crippen LogP contribution in [0.3, 0.4) is 0 Å². The fourth-order valence-corrected chi connectivity index (χ4v) is 3.47. The molecular formula is C19H26N4O. The van der Waals surface area contributed by atoms with Gasteiger partial charge in [0.2, 0.25) is 5.91 Å². The molecule has 128 valence electrons. The summed E-state index contributed by atoms with van der Waals surface area (Å²) in [6.07, 6.45) is 2.98. The highest BCUT2D eigenvalue weighted by Gasteiger charge is 2.26. The third-order valence-electron chi connectivity index (χ3n) is 4.96. The molecule has 24 heavy (non-hydrogen) atoms. The van der Waals surface area contributed by atoms with Crippen molar-refractivity contribution in [2.45, 2.75) is 45.8 Å². The molecule has 0 radical (unpaired) electrons. The molecule has 5 nitrogen and oxygen atoms in total. The highest BCUT2D eigenvalue weighted by atomic mass is 16.2.